The SMILES string of the molecule is NCC#Cc1cc(C(=O)NCC2CCS(=O)(=O)C2)cs1. The number of nitrogens with one attached hydrogen (secondary N) is 1. The van der Waals surface area contributed by atoms with Crippen LogP contribution in [0.4, 0.5) is 0 Å². The second-order valence-electron chi connectivity index (χ2n) is 4.68. The monoisotopic (exact) mass is 312 g/mol. The van der Waals surface area contributed by atoms with Crippen molar-refractivity contribution in [1.29, 1.82) is 0 Å². The Hall–Kier alpha value is -1.36. The van der Waals surface area contributed by atoms with Gasteiger partial charge in [-0.2, -0.15) is 0 Å². The molecular weight excluding hydrogens is 296 g/mol. The summed E-state index contributed by atoms with van der Waals surface area (Å²) in [5.41, 5.74) is 5.84. The number of rotatable bonds is 3. The van der Waals surface area contributed by atoms with Gasteiger partial charge in [0.25, 0.3) is 5.91 Å². The zero-order valence-electron chi connectivity index (χ0n) is 10.9. The lowest BCUT2D eigenvalue weighted by molar-refractivity contribution is 0.0949. The second kappa shape index (κ2) is 6.39. The van der Waals surface area contributed by atoms with E-state index < -0.39 is 9.84 Å². The Morgan fingerprint density at radius 3 is 3.00 bits per heavy atom. The highest BCUT2D eigenvalue weighted by Gasteiger charge is 2.28. The van der Waals surface area contributed by atoms with E-state index in [9.17, 15) is 13.2 Å². The highest BCUT2D eigenvalue weighted by molar-refractivity contribution is 7.91. The molecule has 1 atom stereocenters. The number of amides is 1. The fraction of sp³-hybridized carbons (Fsp3) is 0.462. The molecule has 108 valence electrons. The van der Waals surface area contributed by atoms with Gasteiger partial charge in [-0.1, -0.05) is 11.8 Å². The first-order valence-corrected chi connectivity index (χ1v) is 8.96. The molecule has 2 heterocycles. The predicted molar refractivity (Wildman–Crippen MR) is 79.3 cm³/mol. The van der Waals surface area contributed by atoms with E-state index in [1.165, 1.54) is 11.3 Å². The highest BCUT2D eigenvalue weighted by atomic mass is 32.2. The molecule has 0 bridgehead atoms. The molecule has 0 aliphatic carbocycles. The summed E-state index contributed by atoms with van der Waals surface area (Å²) in [6.07, 6.45) is 0.624. The summed E-state index contributed by atoms with van der Waals surface area (Å²) in [6.45, 7) is 0.688. The van der Waals surface area contributed by atoms with Gasteiger partial charge in [0.1, 0.15) is 0 Å². The smallest absolute Gasteiger partial charge is 0.252 e. The summed E-state index contributed by atoms with van der Waals surface area (Å²) in [4.78, 5) is 12.7. The summed E-state index contributed by atoms with van der Waals surface area (Å²) < 4.78 is 22.6. The summed E-state index contributed by atoms with van der Waals surface area (Å²) in [7, 11) is -2.89. The fourth-order valence-electron chi connectivity index (χ4n) is 2.03. The summed E-state index contributed by atoms with van der Waals surface area (Å²) in [5.74, 6) is 5.84. The maximum Gasteiger partial charge on any atom is 0.252 e. The van der Waals surface area contributed by atoms with Gasteiger partial charge in [-0.15, -0.1) is 11.3 Å². The fourth-order valence-corrected chi connectivity index (χ4v) is 4.65. The van der Waals surface area contributed by atoms with E-state index in [0.29, 0.717) is 18.5 Å². The van der Waals surface area contributed by atoms with Crippen LogP contribution >= 0.6 is 11.3 Å². The van der Waals surface area contributed by atoms with E-state index in [1.807, 2.05) is 0 Å². The third-order valence-corrected chi connectivity index (χ3v) is 5.74. The van der Waals surface area contributed by atoms with Crippen molar-refractivity contribution < 1.29 is 13.2 Å². The molecule has 3 N–H and O–H groups in total. The number of thiophene rings is 1. The zero-order valence-corrected chi connectivity index (χ0v) is 12.5. The molecule has 1 aliphatic rings. The van der Waals surface area contributed by atoms with Crippen LogP contribution < -0.4 is 11.1 Å². The molecule has 1 fully saturated rings. The van der Waals surface area contributed by atoms with Crippen LogP contribution in [-0.2, 0) is 9.84 Å². The number of carbonyl (C=O) groups is 1. The van der Waals surface area contributed by atoms with Gasteiger partial charge in [0.15, 0.2) is 9.84 Å². The molecule has 1 amide bonds. The minimum atomic E-state index is -2.89. The van der Waals surface area contributed by atoms with Crippen LogP contribution in [0.25, 0.3) is 0 Å². The second-order valence-corrected chi connectivity index (χ2v) is 7.82. The minimum absolute atomic E-state index is 0.0269. The summed E-state index contributed by atoms with van der Waals surface area (Å²) in [5, 5.41) is 4.52. The summed E-state index contributed by atoms with van der Waals surface area (Å²) in [6, 6.07) is 1.72. The largest absolute Gasteiger partial charge is 0.352 e. The molecule has 1 aromatic rings. The number of carbonyl (C=O) groups excluding carboxylic acids is 1. The van der Waals surface area contributed by atoms with Crippen LogP contribution in [0, 0.1) is 17.8 Å². The molecular formula is C13H16N2O3S2. The molecule has 1 aromatic heterocycles. The van der Waals surface area contributed by atoms with E-state index in [0.717, 1.165) is 4.88 Å². The third-order valence-electron chi connectivity index (χ3n) is 3.05. The number of hydrogen-bond acceptors (Lipinski definition) is 5. The minimum Gasteiger partial charge on any atom is -0.352 e. The maximum atomic E-state index is 11.9. The van der Waals surface area contributed by atoms with Crippen molar-refractivity contribution in [1.82, 2.24) is 5.32 Å². The van der Waals surface area contributed by atoms with Crippen molar-refractivity contribution in [3.05, 3.63) is 21.9 Å². The molecule has 2 rings (SSSR count). The van der Waals surface area contributed by atoms with Gasteiger partial charge in [0, 0.05) is 11.9 Å². The standard InChI is InChI=1S/C13H16N2O3S2/c14-4-1-2-12-6-11(8-19-12)13(16)15-7-10-3-5-20(17,18)9-10/h6,8,10H,3-5,7,9,14H2,(H,15,16). The van der Waals surface area contributed by atoms with Gasteiger partial charge in [0.2, 0.25) is 0 Å². The first-order chi connectivity index (χ1) is 9.50. The molecule has 7 heteroatoms. The topological polar surface area (TPSA) is 89.3 Å². The highest BCUT2D eigenvalue weighted by Crippen LogP contribution is 2.18. The van der Waals surface area contributed by atoms with Crippen molar-refractivity contribution in [2.24, 2.45) is 11.7 Å². The Labute approximate surface area is 122 Å². The normalized spacial score (nSPS) is 20.1. The van der Waals surface area contributed by atoms with Gasteiger partial charge < -0.3 is 11.1 Å². The molecule has 0 saturated carbocycles. The van der Waals surface area contributed by atoms with Crippen LogP contribution in [0.15, 0.2) is 11.4 Å². The number of sulfone groups is 1. The van der Waals surface area contributed by atoms with Gasteiger partial charge in [-0.25, -0.2) is 8.42 Å². The average molecular weight is 312 g/mol. The Morgan fingerprint density at radius 1 is 1.55 bits per heavy atom. The third kappa shape index (κ3) is 4.07. The van der Waals surface area contributed by atoms with Crippen molar-refractivity contribution >= 4 is 27.1 Å². The molecule has 20 heavy (non-hydrogen) atoms. The van der Waals surface area contributed by atoms with Crippen LogP contribution in [-0.4, -0.2) is 38.9 Å². The predicted octanol–water partition coefficient (Wildman–Crippen LogP) is 0.223. The van der Waals surface area contributed by atoms with Crippen LogP contribution in [0.2, 0.25) is 0 Å². The molecule has 0 spiro atoms. The number of hydrogen-bond donors (Lipinski definition) is 2. The van der Waals surface area contributed by atoms with Crippen LogP contribution in [0.1, 0.15) is 21.7 Å². The van der Waals surface area contributed by atoms with Gasteiger partial charge in [0.05, 0.1) is 28.5 Å². The Balaban J connectivity index is 1.87. The quantitative estimate of drug-likeness (QED) is 0.782. The van der Waals surface area contributed by atoms with E-state index in [4.69, 9.17) is 5.73 Å². The zero-order chi connectivity index (χ0) is 14.6. The molecule has 5 nitrogen and oxygen atoms in total. The van der Waals surface area contributed by atoms with Crippen LogP contribution in [0.3, 0.4) is 0 Å². The van der Waals surface area contributed by atoms with Crippen molar-refractivity contribution in [3.63, 3.8) is 0 Å². The van der Waals surface area contributed by atoms with Gasteiger partial charge >= 0.3 is 0 Å². The maximum absolute atomic E-state index is 11.9. The number of nitrogens with two attached hydrogens (primary N) is 1. The van der Waals surface area contributed by atoms with Crippen LogP contribution in [0.5, 0.6) is 0 Å². The van der Waals surface area contributed by atoms with E-state index in [-0.39, 0.29) is 29.9 Å². The van der Waals surface area contributed by atoms with Crippen molar-refractivity contribution in [2.75, 3.05) is 24.6 Å². The van der Waals surface area contributed by atoms with Gasteiger partial charge in [-0.05, 0) is 18.4 Å². The molecule has 1 saturated heterocycles. The Kier molecular flexibility index (Phi) is 4.81. The first kappa shape index (κ1) is 15.0. The van der Waals surface area contributed by atoms with E-state index in [1.54, 1.807) is 11.4 Å². The average Bonchev–Trinajstić information content (AvgIpc) is 3.00. The molecule has 0 aromatic carbocycles. The lowest BCUT2D eigenvalue weighted by atomic mass is 10.1. The first-order valence-electron chi connectivity index (χ1n) is 6.26. The molecule has 1 aliphatic heterocycles. The molecule has 0 radical (unpaired) electrons. The van der Waals surface area contributed by atoms with Crippen molar-refractivity contribution in [2.45, 2.75) is 6.42 Å². The Bertz CT molecular complexity index is 653. The lowest BCUT2D eigenvalue weighted by Crippen LogP contribution is -2.29. The Morgan fingerprint density at radius 2 is 2.35 bits per heavy atom. The van der Waals surface area contributed by atoms with E-state index >= 15 is 0 Å². The van der Waals surface area contributed by atoms with E-state index in [2.05, 4.69) is 17.2 Å². The van der Waals surface area contributed by atoms with Crippen molar-refractivity contribution in [3.8, 4) is 11.8 Å². The van der Waals surface area contributed by atoms with Gasteiger partial charge in [-0.3, -0.25) is 4.79 Å². The summed E-state index contributed by atoms with van der Waals surface area (Å²) >= 11 is 1.39. The lowest BCUT2D eigenvalue weighted by Gasteiger charge is -2.08. The molecule has 1 unspecified atom stereocenters.